The van der Waals surface area contributed by atoms with Crippen molar-refractivity contribution < 1.29 is 19.1 Å². The van der Waals surface area contributed by atoms with Gasteiger partial charge in [-0.2, -0.15) is 0 Å². The van der Waals surface area contributed by atoms with Crippen molar-refractivity contribution in [2.24, 2.45) is 5.92 Å². The third-order valence-electron chi connectivity index (χ3n) is 4.59. The van der Waals surface area contributed by atoms with Crippen molar-refractivity contribution in [3.05, 3.63) is 58.6 Å². The molecule has 1 atom stereocenters. The second kappa shape index (κ2) is 9.01. The largest absolute Gasteiger partial charge is 0.455 e. The maximum atomic E-state index is 12.3. The summed E-state index contributed by atoms with van der Waals surface area (Å²) in [6.07, 6.45) is 1.01. The highest BCUT2D eigenvalue weighted by Gasteiger charge is 2.36. The standard InChI is InChI=1S/C21H21BrN2O4/c1-2-14-3-9-18(10-4-14)24-12-15(11-20(24)26)21(27)28-13-19(25)23-17-7-5-16(22)6-8-17/h3-10,15H,2,11-13H2,1H3,(H,23,25)/t15-/m0/s1. The number of rotatable bonds is 6. The topological polar surface area (TPSA) is 75.7 Å². The fourth-order valence-corrected chi connectivity index (χ4v) is 3.28. The Labute approximate surface area is 172 Å². The van der Waals surface area contributed by atoms with Gasteiger partial charge in [0, 0.05) is 28.8 Å². The highest BCUT2D eigenvalue weighted by molar-refractivity contribution is 9.10. The van der Waals surface area contributed by atoms with Gasteiger partial charge in [-0.25, -0.2) is 0 Å². The predicted molar refractivity (Wildman–Crippen MR) is 110 cm³/mol. The van der Waals surface area contributed by atoms with Crippen LogP contribution in [-0.2, 0) is 25.5 Å². The molecule has 2 aromatic rings. The highest BCUT2D eigenvalue weighted by atomic mass is 79.9. The molecule has 0 bridgehead atoms. The number of esters is 1. The molecule has 0 aliphatic carbocycles. The van der Waals surface area contributed by atoms with E-state index in [1.807, 2.05) is 24.3 Å². The van der Waals surface area contributed by atoms with Crippen LogP contribution < -0.4 is 10.2 Å². The van der Waals surface area contributed by atoms with Crippen molar-refractivity contribution >= 4 is 45.1 Å². The highest BCUT2D eigenvalue weighted by Crippen LogP contribution is 2.26. The number of nitrogens with one attached hydrogen (secondary N) is 1. The second-order valence-electron chi connectivity index (χ2n) is 6.59. The Bertz CT molecular complexity index is 865. The van der Waals surface area contributed by atoms with E-state index in [0.717, 1.165) is 16.6 Å². The van der Waals surface area contributed by atoms with E-state index in [1.54, 1.807) is 29.2 Å². The number of carbonyl (C=O) groups is 3. The van der Waals surface area contributed by atoms with E-state index in [4.69, 9.17) is 4.74 Å². The van der Waals surface area contributed by atoms with Crippen molar-refractivity contribution in [2.45, 2.75) is 19.8 Å². The number of hydrogen-bond donors (Lipinski definition) is 1. The Morgan fingerprint density at radius 1 is 1.14 bits per heavy atom. The monoisotopic (exact) mass is 444 g/mol. The number of carbonyl (C=O) groups excluding carboxylic acids is 3. The first kappa shape index (κ1) is 20.1. The molecular formula is C21H21BrN2O4. The summed E-state index contributed by atoms with van der Waals surface area (Å²) in [5, 5.41) is 2.65. The smallest absolute Gasteiger partial charge is 0.311 e. The van der Waals surface area contributed by atoms with Crippen LogP contribution in [0.3, 0.4) is 0 Å². The zero-order valence-electron chi connectivity index (χ0n) is 15.5. The van der Waals surface area contributed by atoms with Gasteiger partial charge in [-0.1, -0.05) is 35.0 Å². The predicted octanol–water partition coefficient (Wildman–Crippen LogP) is 3.55. The lowest BCUT2D eigenvalue weighted by atomic mass is 10.1. The van der Waals surface area contributed by atoms with Gasteiger partial charge >= 0.3 is 5.97 Å². The average Bonchev–Trinajstić information content (AvgIpc) is 3.10. The van der Waals surface area contributed by atoms with Crippen LogP contribution in [0, 0.1) is 5.92 Å². The summed E-state index contributed by atoms with van der Waals surface area (Å²) >= 11 is 3.32. The minimum absolute atomic E-state index is 0.0860. The summed E-state index contributed by atoms with van der Waals surface area (Å²) in [5.74, 6) is -1.65. The zero-order chi connectivity index (χ0) is 20.1. The third kappa shape index (κ3) is 4.98. The van der Waals surface area contributed by atoms with Gasteiger partial charge in [0.2, 0.25) is 5.91 Å². The summed E-state index contributed by atoms with van der Waals surface area (Å²) in [5.41, 5.74) is 2.57. The zero-order valence-corrected chi connectivity index (χ0v) is 17.1. The molecule has 0 saturated carbocycles. The molecule has 6 nitrogen and oxygen atoms in total. The summed E-state index contributed by atoms with van der Waals surface area (Å²) in [6.45, 7) is 1.94. The van der Waals surface area contributed by atoms with Crippen LogP contribution in [0.5, 0.6) is 0 Å². The van der Waals surface area contributed by atoms with E-state index in [0.29, 0.717) is 5.69 Å². The van der Waals surface area contributed by atoms with Crippen molar-refractivity contribution in [2.75, 3.05) is 23.4 Å². The SMILES string of the molecule is CCc1ccc(N2C[C@@H](C(=O)OCC(=O)Nc3ccc(Br)cc3)CC2=O)cc1. The lowest BCUT2D eigenvalue weighted by Crippen LogP contribution is -2.28. The van der Waals surface area contributed by atoms with Gasteiger partial charge in [0.25, 0.3) is 5.91 Å². The molecule has 1 aliphatic rings. The lowest BCUT2D eigenvalue weighted by Gasteiger charge is -2.17. The lowest BCUT2D eigenvalue weighted by molar-refractivity contribution is -0.151. The molecule has 28 heavy (non-hydrogen) atoms. The number of halogens is 1. The fraction of sp³-hybridized carbons (Fsp3) is 0.286. The number of nitrogens with zero attached hydrogens (tertiary/aromatic N) is 1. The summed E-state index contributed by atoms with van der Waals surface area (Å²) in [4.78, 5) is 38.1. The van der Waals surface area contributed by atoms with Crippen LogP contribution in [0.4, 0.5) is 11.4 Å². The number of hydrogen-bond acceptors (Lipinski definition) is 4. The van der Waals surface area contributed by atoms with E-state index in [9.17, 15) is 14.4 Å². The average molecular weight is 445 g/mol. The normalized spacial score (nSPS) is 16.1. The molecule has 2 amide bonds. The third-order valence-corrected chi connectivity index (χ3v) is 5.12. The van der Waals surface area contributed by atoms with Crippen LogP contribution in [0.15, 0.2) is 53.0 Å². The van der Waals surface area contributed by atoms with Crippen molar-refractivity contribution in [1.29, 1.82) is 0 Å². The van der Waals surface area contributed by atoms with Crippen LogP contribution in [-0.4, -0.2) is 30.9 Å². The molecule has 0 radical (unpaired) electrons. The van der Waals surface area contributed by atoms with Gasteiger partial charge in [-0.3, -0.25) is 14.4 Å². The minimum Gasteiger partial charge on any atom is -0.455 e. The number of anilines is 2. The first-order valence-corrected chi connectivity index (χ1v) is 9.87. The van der Waals surface area contributed by atoms with Crippen LogP contribution in [0.1, 0.15) is 18.9 Å². The molecule has 146 valence electrons. The Morgan fingerprint density at radius 3 is 2.46 bits per heavy atom. The maximum Gasteiger partial charge on any atom is 0.311 e. The first-order chi connectivity index (χ1) is 13.5. The van der Waals surface area contributed by atoms with Gasteiger partial charge in [0.05, 0.1) is 5.92 Å². The van der Waals surface area contributed by atoms with Crippen LogP contribution >= 0.6 is 15.9 Å². The van der Waals surface area contributed by atoms with Crippen LogP contribution in [0.2, 0.25) is 0 Å². The van der Waals surface area contributed by atoms with E-state index in [2.05, 4.69) is 28.2 Å². The molecule has 0 spiro atoms. The molecule has 1 fully saturated rings. The number of amides is 2. The molecule has 0 unspecified atom stereocenters. The van der Waals surface area contributed by atoms with E-state index < -0.39 is 17.8 Å². The van der Waals surface area contributed by atoms with Gasteiger partial charge in [0.15, 0.2) is 6.61 Å². The van der Waals surface area contributed by atoms with E-state index >= 15 is 0 Å². The summed E-state index contributed by atoms with van der Waals surface area (Å²) in [6, 6.07) is 14.8. The van der Waals surface area contributed by atoms with Gasteiger partial charge in [0.1, 0.15) is 0 Å². The maximum absolute atomic E-state index is 12.3. The molecular weight excluding hydrogens is 424 g/mol. The van der Waals surface area contributed by atoms with E-state index in [1.165, 1.54) is 5.56 Å². The van der Waals surface area contributed by atoms with Crippen molar-refractivity contribution in [1.82, 2.24) is 0 Å². The molecule has 0 aromatic heterocycles. The van der Waals surface area contributed by atoms with Crippen molar-refractivity contribution in [3.63, 3.8) is 0 Å². The second-order valence-corrected chi connectivity index (χ2v) is 7.50. The first-order valence-electron chi connectivity index (χ1n) is 9.07. The minimum atomic E-state index is -0.571. The van der Waals surface area contributed by atoms with Crippen molar-refractivity contribution in [3.8, 4) is 0 Å². The fourth-order valence-electron chi connectivity index (χ4n) is 3.01. The summed E-state index contributed by atoms with van der Waals surface area (Å²) in [7, 11) is 0. The number of benzene rings is 2. The van der Waals surface area contributed by atoms with Gasteiger partial charge in [-0.15, -0.1) is 0 Å². The van der Waals surface area contributed by atoms with E-state index in [-0.39, 0.29) is 25.5 Å². The molecule has 3 rings (SSSR count). The number of ether oxygens (including phenoxy) is 1. The Morgan fingerprint density at radius 2 is 1.82 bits per heavy atom. The Hall–Kier alpha value is -2.67. The van der Waals surface area contributed by atoms with Gasteiger partial charge in [-0.05, 0) is 48.4 Å². The Kier molecular flexibility index (Phi) is 6.46. The quantitative estimate of drug-likeness (QED) is 0.691. The van der Waals surface area contributed by atoms with Gasteiger partial charge < -0.3 is 15.0 Å². The molecule has 1 aliphatic heterocycles. The molecule has 1 saturated heterocycles. The number of aryl methyl sites for hydroxylation is 1. The molecule has 1 heterocycles. The molecule has 1 N–H and O–H groups in total. The van der Waals surface area contributed by atoms with Crippen LogP contribution in [0.25, 0.3) is 0 Å². The summed E-state index contributed by atoms with van der Waals surface area (Å²) < 4.78 is 6.01. The Balaban J connectivity index is 1.51. The molecule has 2 aromatic carbocycles. The molecule has 7 heteroatoms.